The Morgan fingerprint density at radius 1 is 1.06 bits per heavy atom. The molecule has 4 heterocycles. The highest BCUT2D eigenvalue weighted by atomic mass is 16.5. The van der Waals surface area contributed by atoms with Gasteiger partial charge in [-0.15, -0.1) is 0 Å². The zero-order valence-electron chi connectivity index (χ0n) is 16.6. The molecule has 5 rings (SSSR count). The highest BCUT2D eigenvalue weighted by Crippen LogP contribution is 2.36. The van der Waals surface area contributed by atoms with Crippen molar-refractivity contribution in [2.45, 2.75) is 6.04 Å². The van der Waals surface area contributed by atoms with Crippen LogP contribution in [-0.2, 0) is 0 Å². The molecule has 0 saturated heterocycles. The molecule has 0 saturated carbocycles. The van der Waals surface area contributed by atoms with Crippen LogP contribution in [0.4, 0.5) is 0 Å². The van der Waals surface area contributed by atoms with E-state index in [1.54, 1.807) is 22.0 Å². The third-order valence-corrected chi connectivity index (χ3v) is 5.48. The number of hydrogen-bond donors (Lipinski definition) is 1. The smallest absolute Gasteiger partial charge is 0.278 e. The molecule has 0 radical (unpaired) electrons. The Morgan fingerprint density at radius 3 is 2.77 bits per heavy atom. The molecular weight excluding hydrogens is 396 g/mol. The average molecular weight is 416 g/mol. The fourth-order valence-electron chi connectivity index (χ4n) is 4.03. The summed E-state index contributed by atoms with van der Waals surface area (Å²) in [6.45, 7) is 0.915. The van der Waals surface area contributed by atoms with Crippen LogP contribution in [0.5, 0.6) is 11.5 Å². The van der Waals surface area contributed by atoms with E-state index in [4.69, 9.17) is 4.74 Å². The van der Waals surface area contributed by atoms with Gasteiger partial charge >= 0.3 is 0 Å². The lowest BCUT2D eigenvalue weighted by atomic mass is 9.98. The van der Waals surface area contributed by atoms with Crippen LogP contribution in [0.15, 0.2) is 78.0 Å². The summed E-state index contributed by atoms with van der Waals surface area (Å²) < 4.78 is 7.59. The molecule has 1 atom stereocenters. The topological polar surface area (TPSA) is 87.9 Å². The molecule has 2 bridgehead atoms. The zero-order valence-corrected chi connectivity index (χ0v) is 16.6. The largest absolute Gasteiger partial charge is 0.502 e. The van der Waals surface area contributed by atoms with Gasteiger partial charge in [-0.3, -0.25) is 24.3 Å². The van der Waals surface area contributed by atoms with E-state index in [0.717, 1.165) is 11.1 Å². The van der Waals surface area contributed by atoms with Crippen LogP contribution in [0.2, 0.25) is 0 Å². The molecule has 0 unspecified atom stereocenters. The number of ether oxygens (including phenoxy) is 1. The van der Waals surface area contributed by atoms with Crippen molar-refractivity contribution in [3.8, 4) is 11.5 Å². The first-order chi connectivity index (χ1) is 15.1. The number of hydrogen-bond acceptors (Lipinski definition) is 6. The van der Waals surface area contributed by atoms with Gasteiger partial charge in [-0.2, -0.15) is 0 Å². The molecule has 1 N–H and O–H groups in total. The van der Waals surface area contributed by atoms with Gasteiger partial charge in [0.1, 0.15) is 25.1 Å². The lowest BCUT2D eigenvalue weighted by Crippen LogP contribution is -2.55. The van der Waals surface area contributed by atoms with Crippen LogP contribution in [0.1, 0.15) is 27.7 Å². The van der Waals surface area contributed by atoms with Crippen molar-refractivity contribution in [1.29, 1.82) is 0 Å². The number of para-hydroxylation sites is 1. The van der Waals surface area contributed by atoms with Gasteiger partial charge in [0.25, 0.3) is 5.91 Å². The highest BCUT2D eigenvalue weighted by molar-refractivity contribution is 5.96. The maximum absolute atomic E-state index is 13.1. The number of fused-ring (bicyclic) bond motifs is 5. The quantitative estimate of drug-likeness (QED) is 0.611. The van der Waals surface area contributed by atoms with E-state index in [1.165, 1.54) is 12.3 Å². The van der Waals surface area contributed by atoms with Gasteiger partial charge in [0.05, 0.1) is 0 Å². The van der Waals surface area contributed by atoms with E-state index < -0.39 is 17.1 Å². The number of amides is 1. The second kappa shape index (κ2) is 7.64. The first kappa shape index (κ1) is 18.9. The van der Waals surface area contributed by atoms with Crippen LogP contribution in [0.3, 0.4) is 0 Å². The van der Waals surface area contributed by atoms with Gasteiger partial charge in [-0.05, 0) is 23.8 Å². The summed E-state index contributed by atoms with van der Waals surface area (Å²) in [4.78, 5) is 31.2. The maximum atomic E-state index is 13.1. The SMILES string of the molecule is O=C1c2c(O)c(=O)ccn2N2CN1C/C=C\COc1ccccc1[C@H]2c1cccnc1. The first-order valence-electron chi connectivity index (χ1n) is 9.92. The fraction of sp³-hybridized carbons (Fsp3) is 0.174. The Bertz CT molecular complexity index is 1220. The van der Waals surface area contributed by atoms with E-state index in [9.17, 15) is 14.7 Å². The van der Waals surface area contributed by atoms with E-state index in [0.29, 0.717) is 18.9 Å². The third kappa shape index (κ3) is 3.22. The van der Waals surface area contributed by atoms with Crippen LogP contribution in [-0.4, -0.2) is 45.4 Å². The normalized spacial score (nSPS) is 19.0. The van der Waals surface area contributed by atoms with E-state index in [1.807, 2.05) is 53.6 Å². The van der Waals surface area contributed by atoms with Crippen LogP contribution < -0.4 is 15.2 Å². The molecular formula is C23H20N4O4. The number of pyridine rings is 2. The molecule has 0 aliphatic carbocycles. The second-order valence-corrected chi connectivity index (χ2v) is 7.34. The Hall–Kier alpha value is -4.07. The minimum Gasteiger partial charge on any atom is -0.502 e. The van der Waals surface area contributed by atoms with Crippen LogP contribution >= 0.6 is 0 Å². The number of aromatic nitrogens is 2. The van der Waals surface area contributed by atoms with Gasteiger partial charge < -0.3 is 14.7 Å². The summed E-state index contributed by atoms with van der Waals surface area (Å²) in [5, 5.41) is 12.4. The molecule has 156 valence electrons. The minimum absolute atomic E-state index is 0.0568. The van der Waals surface area contributed by atoms with Crippen molar-refractivity contribution in [1.82, 2.24) is 14.6 Å². The Labute approximate surface area is 178 Å². The predicted molar refractivity (Wildman–Crippen MR) is 114 cm³/mol. The minimum atomic E-state index is -0.595. The highest BCUT2D eigenvalue weighted by Gasteiger charge is 2.37. The molecule has 8 heteroatoms. The molecule has 1 aromatic carbocycles. The first-order valence-corrected chi connectivity index (χ1v) is 9.92. The molecule has 2 aromatic heterocycles. The van der Waals surface area contributed by atoms with E-state index in [-0.39, 0.29) is 18.4 Å². The van der Waals surface area contributed by atoms with E-state index in [2.05, 4.69) is 4.98 Å². The standard InChI is InChI=1S/C23H20N4O4/c28-18-9-12-26-21(22(18)29)23(30)25-11-3-4-13-31-19-8-2-1-7-17(19)20(27(26)15-25)16-6-5-10-24-14-16/h1-10,12,14,20,29H,11,13,15H2/b4-3-/t20-/m1/s1. The summed E-state index contributed by atoms with van der Waals surface area (Å²) in [7, 11) is 0. The third-order valence-electron chi connectivity index (χ3n) is 5.48. The van der Waals surface area contributed by atoms with Gasteiger partial charge in [0, 0.05) is 36.8 Å². The summed E-state index contributed by atoms with van der Waals surface area (Å²) >= 11 is 0. The lowest BCUT2D eigenvalue weighted by molar-refractivity contribution is 0.0701. The molecule has 1 amide bonds. The number of rotatable bonds is 1. The molecule has 0 spiro atoms. The number of nitrogens with zero attached hydrogens (tertiary/aromatic N) is 4. The lowest BCUT2D eigenvalue weighted by Gasteiger charge is -2.43. The maximum Gasteiger partial charge on any atom is 0.278 e. The Balaban J connectivity index is 1.80. The van der Waals surface area contributed by atoms with Gasteiger partial charge in [-0.1, -0.05) is 30.3 Å². The molecule has 0 fully saturated rings. The van der Waals surface area contributed by atoms with E-state index >= 15 is 0 Å². The predicted octanol–water partition coefficient (Wildman–Crippen LogP) is 2.04. The molecule has 2 aliphatic heterocycles. The molecule has 2 aliphatic rings. The average Bonchev–Trinajstić information content (AvgIpc) is 2.82. The Morgan fingerprint density at radius 2 is 1.94 bits per heavy atom. The Kier molecular flexibility index (Phi) is 4.66. The van der Waals surface area contributed by atoms with Crippen molar-refractivity contribution in [3.05, 3.63) is 100 Å². The molecule has 31 heavy (non-hydrogen) atoms. The van der Waals surface area contributed by atoms with Crippen LogP contribution in [0, 0.1) is 0 Å². The monoisotopic (exact) mass is 416 g/mol. The van der Waals surface area contributed by atoms with Crippen molar-refractivity contribution in [2.24, 2.45) is 0 Å². The number of carbonyl (C=O) groups excluding carboxylic acids is 1. The summed E-state index contributed by atoms with van der Waals surface area (Å²) in [6, 6.07) is 12.4. The summed E-state index contributed by atoms with van der Waals surface area (Å²) in [5.74, 6) is -0.261. The second-order valence-electron chi connectivity index (χ2n) is 7.34. The van der Waals surface area contributed by atoms with Crippen molar-refractivity contribution in [2.75, 3.05) is 24.8 Å². The van der Waals surface area contributed by atoms with Gasteiger partial charge in [0.2, 0.25) is 5.43 Å². The van der Waals surface area contributed by atoms with Gasteiger partial charge in [0.15, 0.2) is 11.4 Å². The summed E-state index contributed by atoms with van der Waals surface area (Å²) in [6.07, 6.45) is 8.68. The summed E-state index contributed by atoms with van der Waals surface area (Å²) in [5.41, 5.74) is 1.11. The van der Waals surface area contributed by atoms with Gasteiger partial charge in [-0.25, -0.2) is 0 Å². The number of carbonyl (C=O) groups is 1. The number of benzene rings is 1. The number of aromatic hydroxyl groups is 1. The van der Waals surface area contributed by atoms with Crippen molar-refractivity contribution >= 4 is 5.91 Å². The van der Waals surface area contributed by atoms with Crippen LogP contribution in [0.25, 0.3) is 0 Å². The molecule has 3 aromatic rings. The van der Waals surface area contributed by atoms with Crippen molar-refractivity contribution < 1.29 is 14.6 Å². The fourth-order valence-corrected chi connectivity index (χ4v) is 4.03. The molecule has 8 nitrogen and oxygen atoms in total. The zero-order chi connectivity index (χ0) is 21.4. The van der Waals surface area contributed by atoms with Crippen molar-refractivity contribution in [3.63, 3.8) is 0 Å².